The van der Waals surface area contributed by atoms with E-state index in [9.17, 15) is 9.90 Å². The summed E-state index contributed by atoms with van der Waals surface area (Å²) in [6.45, 7) is 3.01. The first kappa shape index (κ1) is 15.7. The van der Waals surface area contributed by atoms with E-state index in [-0.39, 0.29) is 11.1 Å². The van der Waals surface area contributed by atoms with E-state index in [1.807, 2.05) is 24.3 Å². The molecular weight excluding hydrogens is 306 g/mol. The lowest BCUT2D eigenvalue weighted by Crippen LogP contribution is -2.10. The number of carboxylic acid groups (broad SMARTS) is 1. The van der Waals surface area contributed by atoms with E-state index in [1.165, 1.54) is 12.1 Å². The first-order valence-corrected chi connectivity index (χ1v) is 7.76. The quantitative estimate of drug-likeness (QED) is 0.605. The number of hydrogen-bond donors (Lipinski definition) is 3. The van der Waals surface area contributed by atoms with E-state index >= 15 is 0 Å². The van der Waals surface area contributed by atoms with Crippen LogP contribution in [0.3, 0.4) is 0 Å². The van der Waals surface area contributed by atoms with E-state index < -0.39 is 5.97 Å². The number of carbonyl (C=O) groups is 1. The zero-order valence-electron chi connectivity index (χ0n) is 13.2. The number of carboxylic acids is 1. The van der Waals surface area contributed by atoms with Crippen molar-refractivity contribution < 1.29 is 14.6 Å². The number of hydrogen-bond acceptors (Lipinski definition) is 5. The van der Waals surface area contributed by atoms with Crippen LogP contribution in [0.1, 0.15) is 35.7 Å². The number of nitrogens with zero attached hydrogens (tertiary/aromatic N) is 1. The Bertz CT molecular complexity index is 840. The Labute approximate surface area is 139 Å². The van der Waals surface area contributed by atoms with E-state index in [0.29, 0.717) is 22.9 Å². The molecule has 0 bridgehead atoms. The second-order valence-electron chi connectivity index (χ2n) is 5.53. The molecule has 0 unspecified atom stereocenters. The highest BCUT2D eigenvalue weighted by Crippen LogP contribution is 2.45. The number of anilines is 3. The topological polar surface area (TPSA) is 94.4 Å². The van der Waals surface area contributed by atoms with Gasteiger partial charge in [0.1, 0.15) is 0 Å². The zero-order valence-corrected chi connectivity index (χ0v) is 13.2. The lowest BCUT2D eigenvalue weighted by molar-refractivity contribution is 0.0697. The van der Waals surface area contributed by atoms with Crippen molar-refractivity contribution in [1.29, 1.82) is 5.26 Å². The standard InChI is InChI=1S/C18H17N3O3/c1-2-3-6-20-12-4-5-14-15(9-12)24-16-8-11(10-19)7-13(18(22)23)17(16)21-14/h4-5,7-9,20-21H,2-3,6H2,1H3,(H,22,23). The van der Waals surface area contributed by atoms with Crippen LogP contribution >= 0.6 is 0 Å². The molecule has 0 atom stereocenters. The van der Waals surface area contributed by atoms with Crippen molar-refractivity contribution in [2.75, 3.05) is 17.2 Å². The van der Waals surface area contributed by atoms with Gasteiger partial charge in [0.15, 0.2) is 11.5 Å². The molecule has 6 nitrogen and oxygen atoms in total. The van der Waals surface area contributed by atoms with E-state index in [4.69, 9.17) is 10.00 Å². The van der Waals surface area contributed by atoms with Gasteiger partial charge in [-0.1, -0.05) is 13.3 Å². The minimum absolute atomic E-state index is 0.0137. The molecule has 2 aromatic rings. The molecule has 0 saturated heterocycles. The number of nitrogens with one attached hydrogen (secondary N) is 2. The molecule has 24 heavy (non-hydrogen) atoms. The van der Waals surface area contributed by atoms with E-state index in [1.54, 1.807) is 0 Å². The van der Waals surface area contributed by atoms with Crippen LogP contribution in [0.4, 0.5) is 17.1 Å². The van der Waals surface area contributed by atoms with Crippen molar-refractivity contribution >= 4 is 23.0 Å². The highest BCUT2D eigenvalue weighted by atomic mass is 16.5. The smallest absolute Gasteiger partial charge is 0.338 e. The average molecular weight is 323 g/mol. The third kappa shape index (κ3) is 2.97. The summed E-state index contributed by atoms with van der Waals surface area (Å²) < 4.78 is 5.84. The third-order valence-corrected chi connectivity index (χ3v) is 3.78. The van der Waals surface area contributed by atoms with Crippen LogP contribution in [-0.2, 0) is 0 Å². The largest absolute Gasteiger partial charge is 0.478 e. The second kappa shape index (κ2) is 6.50. The van der Waals surface area contributed by atoms with Crippen LogP contribution in [0.15, 0.2) is 30.3 Å². The molecule has 0 aromatic heterocycles. The predicted molar refractivity (Wildman–Crippen MR) is 91.3 cm³/mol. The Balaban J connectivity index is 1.94. The highest BCUT2D eigenvalue weighted by molar-refractivity contribution is 5.99. The van der Waals surface area contributed by atoms with Crippen molar-refractivity contribution in [2.24, 2.45) is 0 Å². The number of aromatic carboxylic acids is 1. The van der Waals surface area contributed by atoms with Crippen LogP contribution in [0.2, 0.25) is 0 Å². The molecule has 1 heterocycles. The number of ether oxygens (including phenoxy) is 1. The maximum Gasteiger partial charge on any atom is 0.338 e. The van der Waals surface area contributed by atoms with Gasteiger partial charge in [-0.25, -0.2) is 4.79 Å². The fraction of sp³-hybridized carbons (Fsp3) is 0.222. The normalized spacial score (nSPS) is 11.3. The maximum atomic E-state index is 11.4. The van der Waals surface area contributed by atoms with Crippen molar-refractivity contribution in [3.8, 4) is 17.6 Å². The minimum atomic E-state index is -1.11. The molecule has 0 spiro atoms. The summed E-state index contributed by atoms with van der Waals surface area (Å²) in [5, 5.41) is 24.8. The van der Waals surface area contributed by atoms with Gasteiger partial charge in [-0.2, -0.15) is 5.26 Å². The van der Waals surface area contributed by atoms with Crippen molar-refractivity contribution in [3.05, 3.63) is 41.5 Å². The third-order valence-electron chi connectivity index (χ3n) is 3.78. The molecular formula is C18H17N3O3. The Morgan fingerprint density at radius 2 is 2.17 bits per heavy atom. The molecule has 6 heteroatoms. The van der Waals surface area contributed by atoms with Gasteiger partial charge in [0.25, 0.3) is 0 Å². The lowest BCUT2D eigenvalue weighted by Gasteiger charge is -2.24. The summed E-state index contributed by atoms with van der Waals surface area (Å²) in [4.78, 5) is 11.4. The first-order valence-electron chi connectivity index (χ1n) is 7.76. The number of unbranched alkanes of at least 4 members (excludes halogenated alkanes) is 1. The lowest BCUT2D eigenvalue weighted by atomic mass is 10.1. The summed E-state index contributed by atoms with van der Waals surface area (Å²) in [6, 6.07) is 10.5. The first-order chi connectivity index (χ1) is 11.6. The summed E-state index contributed by atoms with van der Waals surface area (Å²) in [5.74, 6) is -0.180. The molecule has 0 saturated carbocycles. The van der Waals surface area contributed by atoms with Gasteiger partial charge >= 0.3 is 5.97 Å². The monoisotopic (exact) mass is 323 g/mol. The molecule has 1 aliphatic rings. The SMILES string of the molecule is CCCCNc1ccc2c(c1)Oc1cc(C#N)cc(C(=O)O)c1N2. The Morgan fingerprint density at radius 3 is 2.88 bits per heavy atom. The molecule has 2 aromatic carbocycles. The number of fused-ring (bicyclic) bond motifs is 2. The van der Waals surface area contributed by atoms with Gasteiger partial charge in [-0.05, 0) is 24.6 Å². The van der Waals surface area contributed by atoms with Crippen LogP contribution in [-0.4, -0.2) is 17.6 Å². The van der Waals surface area contributed by atoms with Crippen LogP contribution in [0.25, 0.3) is 0 Å². The van der Waals surface area contributed by atoms with E-state index in [0.717, 1.165) is 25.1 Å². The van der Waals surface area contributed by atoms with Gasteiger partial charge in [-0.3, -0.25) is 0 Å². The fourth-order valence-corrected chi connectivity index (χ4v) is 2.54. The molecule has 1 aliphatic heterocycles. The van der Waals surface area contributed by atoms with Crippen molar-refractivity contribution in [3.63, 3.8) is 0 Å². The van der Waals surface area contributed by atoms with Gasteiger partial charge in [-0.15, -0.1) is 0 Å². The summed E-state index contributed by atoms with van der Waals surface area (Å²) >= 11 is 0. The second-order valence-corrected chi connectivity index (χ2v) is 5.53. The van der Waals surface area contributed by atoms with Gasteiger partial charge in [0.05, 0.1) is 28.6 Å². The molecule has 0 radical (unpaired) electrons. The van der Waals surface area contributed by atoms with E-state index in [2.05, 4.69) is 17.6 Å². The molecule has 122 valence electrons. The minimum Gasteiger partial charge on any atom is -0.478 e. The zero-order chi connectivity index (χ0) is 17.1. The predicted octanol–water partition coefficient (Wildman–Crippen LogP) is 4.32. The summed E-state index contributed by atoms with van der Waals surface area (Å²) in [7, 11) is 0. The highest BCUT2D eigenvalue weighted by Gasteiger charge is 2.23. The van der Waals surface area contributed by atoms with Gasteiger partial charge in [0.2, 0.25) is 0 Å². The average Bonchev–Trinajstić information content (AvgIpc) is 2.59. The van der Waals surface area contributed by atoms with Crippen LogP contribution in [0, 0.1) is 11.3 Å². The Kier molecular flexibility index (Phi) is 4.25. The number of rotatable bonds is 5. The van der Waals surface area contributed by atoms with Crippen molar-refractivity contribution in [1.82, 2.24) is 0 Å². The number of benzene rings is 2. The van der Waals surface area contributed by atoms with Gasteiger partial charge < -0.3 is 20.5 Å². The molecule has 0 fully saturated rings. The summed E-state index contributed by atoms with van der Waals surface area (Å²) in [5.41, 5.74) is 2.24. The molecule has 0 amide bonds. The molecule has 3 rings (SSSR count). The number of nitriles is 1. The maximum absolute atomic E-state index is 11.4. The van der Waals surface area contributed by atoms with Crippen LogP contribution in [0.5, 0.6) is 11.5 Å². The Morgan fingerprint density at radius 1 is 1.33 bits per heavy atom. The van der Waals surface area contributed by atoms with Crippen molar-refractivity contribution in [2.45, 2.75) is 19.8 Å². The Hall–Kier alpha value is -3.20. The molecule has 3 N–H and O–H groups in total. The van der Waals surface area contributed by atoms with Gasteiger partial charge in [0, 0.05) is 24.4 Å². The summed E-state index contributed by atoms with van der Waals surface area (Å²) in [6.07, 6.45) is 2.19. The van der Waals surface area contributed by atoms with Crippen LogP contribution < -0.4 is 15.4 Å². The fourth-order valence-electron chi connectivity index (χ4n) is 2.54. The molecule has 0 aliphatic carbocycles.